The van der Waals surface area contributed by atoms with E-state index in [4.69, 9.17) is 10.00 Å². The summed E-state index contributed by atoms with van der Waals surface area (Å²) in [6, 6.07) is 10.7. The lowest BCUT2D eigenvalue weighted by atomic mass is 10.1. The molecule has 2 aromatic carbocycles. The molecule has 0 aliphatic heterocycles. The van der Waals surface area contributed by atoms with Gasteiger partial charge >= 0.3 is 0 Å². The summed E-state index contributed by atoms with van der Waals surface area (Å²) in [6.07, 6.45) is 0. The Kier molecular flexibility index (Phi) is 4.55. The molecular weight excluding hydrogens is 339 g/mol. The average molecular weight is 349 g/mol. The van der Waals surface area contributed by atoms with Crippen molar-refractivity contribution in [1.29, 1.82) is 5.26 Å². The lowest BCUT2D eigenvalue weighted by molar-refractivity contribution is 0.102. The number of carbonyl (C=O) groups excluding carboxylic acids is 1. The van der Waals surface area contributed by atoms with Gasteiger partial charge in [0, 0.05) is 10.0 Å². The maximum Gasteiger partial charge on any atom is 0.255 e. The number of nitriles is 1. The molecule has 0 fully saturated rings. The van der Waals surface area contributed by atoms with Crippen molar-refractivity contribution in [3.05, 3.63) is 57.8 Å². The van der Waals surface area contributed by atoms with Crippen LogP contribution in [0.1, 0.15) is 15.9 Å². The van der Waals surface area contributed by atoms with E-state index in [0.717, 1.165) is 10.5 Å². The van der Waals surface area contributed by atoms with E-state index in [1.165, 1.54) is 19.2 Å². The number of amides is 1. The molecule has 0 saturated carbocycles. The van der Waals surface area contributed by atoms with Crippen molar-refractivity contribution < 1.29 is 13.9 Å². The summed E-state index contributed by atoms with van der Waals surface area (Å²) in [5.41, 5.74) is 0.943. The fourth-order valence-corrected chi connectivity index (χ4v) is 2.07. The summed E-state index contributed by atoms with van der Waals surface area (Å²) in [7, 11) is 1.32. The number of hydrogen-bond acceptors (Lipinski definition) is 3. The minimum atomic E-state index is -0.547. The molecule has 0 aromatic heterocycles. The van der Waals surface area contributed by atoms with Gasteiger partial charge in [0.05, 0.1) is 18.4 Å². The van der Waals surface area contributed by atoms with Crippen LogP contribution in [0.2, 0.25) is 0 Å². The van der Waals surface area contributed by atoms with E-state index in [1.54, 1.807) is 18.2 Å². The van der Waals surface area contributed by atoms with Crippen molar-refractivity contribution in [3.63, 3.8) is 0 Å². The number of anilines is 1. The molecule has 0 aliphatic carbocycles. The van der Waals surface area contributed by atoms with Gasteiger partial charge in [0.2, 0.25) is 0 Å². The van der Waals surface area contributed by atoms with Crippen molar-refractivity contribution in [2.24, 2.45) is 0 Å². The number of hydrogen-bond donors (Lipinski definition) is 1. The van der Waals surface area contributed by atoms with Gasteiger partial charge in [0.1, 0.15) is 6.07 Å². The Morgan fingerprint density at radius 2 is 2.10 bits per heavy atom. The molecule has 0 radical (unpaired) electrons. The van der Waals surface area contributed by atoms with Crippen LogP contribution < -0.4 is 10.1 Å². The molecule has 2 aromatic rings. The molecule has 1 amide bonds. The van der Waals surface area contributed by atoms with Crippen LogP contribution in [0.5, 0.6) is 5.75 Å². The maximum absolute atomic E-state index is 13.3. The normalized spacial score (nSPS) is 9.81. The number of benzene rings is 2. The van der Waals surface area contributed by atoms with Crippen LogP contribution in [0, 0.1) is 17.1 Å². The van der Waals surface area contributed by atoms with Crippen LogP contribution in [-0.4, -0.2) is 13.0 Å². The monoisotopic (exact) mass is 348 g/mol. The van der Waals surface area contributed by atoms with Crippen molar-refractivity contribution in [2.75, 3.05) is 12.4 Å². The highest BCUT2D eigenvalue weighted by Gasteiger charge is 2.12. The lowest BCUT2D eigenvalue weighted by Crippen LogP contribution is -2.13. The first-order valence-electron chi connectivity index (χ1n) is 5.89. The quantitative estimate of drug-likeness (QED) is 0.919. The first-order valence-corrected chi connectivity index (χ1v) is 6.69. The van der Waals surface area contributed by atoms with Crippen LogP contribution in [0.25, 0.3) is 0 Å². The van der Waals surface area contributed by atoms with Gasteiger partial charge in [-0.15, -0.1) is 0 Å². The van der Waals surface area contributed by atoms with Crippen molar-refractivity contribution in [2.45, 2.75) is 0 Å². The zero-order valence-electron chi connectivity index (χ0n) is 11.0. The molecule has 106 valence electrons. The van der Waals surface area contributed by atoms with Crippen LogP contribution in [0.3, 0.4) is 0 Å². The van der Waals surface area contributed by atoms with Crippen LogP contribution >= 0.6 is 15.9 Å². The third-order valence-electron chi connectivity index (χ3n) is 2.76. The van der Waals surface area contributed by atoms with E-state index >= 15 is 0 Å². The average Bonchev–Trinajstić information content (AvgIpc) is 2.48. The number of rotatable bonds is 3. The molecule has 1 N–H and O–H groups in total. The fraction of sp³-hybridized carbons (Fsp3) is 0.0667. The fourth-order valence-electron chi connectivity index (χ4n) is 1.71. The molecule has 0 saturated heterocycles. The Labute approximate surface area is 129 Å². The van der Waals surface area contributed by atoms with Gasteiger partial charge in [-0.05, 0) is 36.4 Å². The lowest BCUT2D eigenvalue weighted by Gasteiger charge is -2.09. The van der Waals surface area contributed by atoms with Gasteiger partial charge in [-0.25, -0.2) is 4.39 Å². The van der Waals surface area contributed by atoms with E-state index in [-0.39, 0.29) is 11.3 Å². The molecule has 0 bridgehead atoms. The SMILES string of the molecule is COc1cc(C(=O)Nc2cc(Br)ccc2C#N)ccc1F. The number of nitrogens with zero attached hydrogens (tertiary/aromatic N) is 1. The zero-order chi connectivity index (χ0) is 15.4. The molecule has 0 aliphatic rings. The Balaban J connectivity index is 2.30. The maximum atomic E-state index is 13.3. The number of halogens is 2. The molecule has 21 heavy (non-hydrogen) atoms. The summed E-state index contributed by atoms with van der Waals surface area (Å²) in [5, 5.41) is 11.6. The van der Waals surface area contributed by atoms with Crippen molar-refractivity contribution >= 4 is 27.5 Å². The minimum absolute atomic E-state index is 0.0163. The van der Waals surface area contributed by atoms with E-state index in [2.05, 4.69) is 21.2 Å². The Morgan fingerprint density at radius 3 is 2.76 bits per heavy atom. The summed E-state index contributed by atoms with van der Waals surface area (Å²) in [4.78, 5) is 12.2. The number of ether oxygens (including phenoxy) is 1. The molecule has 0 spiro atoms. The standard InChI is InChI=1S/C15H10BrFN2O2/c1-21-14-6-9(3-5-12(14)17)15(20)19-13-7-11(16)4-2-10(13)8-18/h2-7H,1H3,(H,19,20). The Morgan fingerprint density at radius 1 is 1.33 bits per heavy atom. The van der Waals surface area contributed by atoms with Crippen LogP contribution in [0.15, 0.2) is 40.9 Å². The second-order valence-corrected chi connectivity index (χ2v) is 5.02. The Hall–Kier alpha value is -2.39. The first-order chi connectivity index (χ1) is 10.0. The predicted octanol–water partition coefficient (Wildman–Crippen LogP) is 3.72. The molecule has 0 heterocycles. The van der Waals surface area contributed by atoms with E-state index < -0.39 is 11.7 Å². The highest BCUT2D eigenvalue weighted by atomic mass is 79.9. The van der Waals surface area contributed by atoms with Gasteiger partial charge in [-0.1, -0.05) is 15.9 Å². The second kappa shape index (κ2) is 6.37. The first kappa shape index (κ1) is 15.0. The highest BCUT2D eigenvalue weighted by molar-refractivity contribution is 9.10. The summed E-state index contributed by atoms with van der Waals surface area (Å²) >= 11 is 3.27. The van der Waals surface area contributed by atoms with Gasteiger partial charge in [-0.2, -0.15) is 5.26 Å². The second-order valence-electron chi connectivity index (χ2n) is 4.11. The van der Waals surface area contributed by atoms with Gasteiger partial charge in [0.25, 0.3) is 5.91 Å². The van der Waals surface area contributed by atoms with E-state index in [9.17, 15) is 9.18 Å². The summed E-state index contributed by atoms with van der Waals surface area (Å²) in [6.45, 7) is 0. The largest absolute Gasteiger partial charge is 0.494 e. The topological polar surface area (TPSA) is 62.1 Å². The molecule has 0 unspecified atom stereocenters. The molecule has 0 atom stereocenters. The van der Waals surface area contributed by atoms with Gasteiger partial charge in [0.15, 0.2) is 11.6 Å². The third kappa shape index (κ3) is 3.38. The summed E-state index contributed by atoms with van der Waals surface area (Å²) in [5.74, 6) is -1.02. The number of carbonyl (C=O) groups is 1. The number of methoxy groups -OCH3 is 1. The highest BCUT2D eigenvalue weighted by Crippen LogP contribution is 2.23. The van der Waals surface area contributed by atoms with Gasteiger partial charge in [-0.3, -0.25) is 4.79 Å². The molecular formula is C15H10BrFN2O2. The van der Waals surface area contributed by atoms with Gasteiger partial charge < -0.3 is 10.1 Å². The number of nitrogens with one attached hydrogen (secondary N) is 1. The molecule has 6 heteroatoms. The van der Waals surface area contributed by atoms with Crippen molar-refractivity contribution in [1.82, 2.24) is 0 Å². The van der Waals surface area contributed by atoms with Crippen LogP contribution in [0.4, 0.5) is 10.1 Å². The Bertz CT molecular complexity index is 741. The zero-order valence-corrected chi connectivity index (χ0v) is 12.6. The molecule has 4 nitrogen and oxygen atoms in total. The smallest absolute Gasteiger partial charge is 0.255 e. The van der Waals surface area contributed by atoms with E-state index in [0.29, 0.717) is 11.3 Å². The minimum Gasteiger partial charge on any atom is -0.494 e. The van der Waals surface area contributed by atoms with Crippen LogP contribution in [-0.2, 0) is 0 Å². The molecule has 2 rings (SSSR count). The predicted molar refractivity (Wildman–Crippen MR) is 79.8 cm³/mol. The third-order valence-corrected chi connectivity index (χ3v) is 3.26. The summed E-state index contributed by atoms with van der Waals surface area (Å²) < 4.78 is 18.9. The van der Waals surface area contributed by atoms with Crippen molar-refractivity contribution in [3.8, 4) is 11.8 Å². The van der Waals surface area contributed by atoms with E-state index in [1.807, 2.05) is 6.07 Å².